The molecule has 106 valence electrons. The van der Waals surface area contributed by atoms with E-state index >= 15 is 0 Å². The van der Waals surface area contributed by atoms with Crippen molar-refractivity contribution in [3.8, 4) is 11.5 Å². The summed E-state index contributed by atoms with van der Waals surface area (Å²) in [6.07, 6.45) is 1.59. The van der Waals surface area contributed by atoms with E-state index in [-0.39, 0.29) is 17.9 Å². The van der Waals surface area contributed by atoms with Gasteiger partial charge in [0.15, 0.2) is 5.75 Å². The van der Waals surface area contributed by atoms with E-state index in [1.54, 1.807) is 22.8 Å². The zero-order chi connectivity index (χ0) is 14.7. The number of nitrogens with zero attached hydrogens (tertiary/aromatic N) is 1. The number of methoxy groups -OCH3 is 1. The van der Waals surface area contributed by atoms with E-state index in [1.807, 2.05) is 13.0 Å². The molecule has 1 heterocycles. The van der Waals surface area contributed by atoms with E-state index in [0.29, 0.717) is 18.0 Å². The quantitative estimate of drug-likeness (QED) is 0.670. The van der Waals surface area contributed by atoms with Crippen molar-refractivity contribution in [3.05, 3.63) is 41.2 Å². The van der Waals surface area contributed by atoms with E-state index in [4.69, 9.17) is 15.2 Å². The van der Waals surface area contributed by atoms with E-state index < -0.39 is 0 Å². The molecule has 0 aliphatic rings. The van der Waals surface area contributed by atoms with Crippen LogP contribution in [0.25, 0.3) is 10.9 Å². The van der Waals surface area contributed by atoms with Gasteiger partial charge in [0.1, 0.15) is 6.61 Å². The van der Waals surface area contributed by atoms with E-state index in [9.17, 15) is 4.79 Å². The molecule has 0 spiro atoms. The van der Waals surface area contributed by atoms with Crippen LogP contribution in [0, 0.1) is 0 Å². The van der Waals surface area contributed by atoms with Gasteiger partial charge in [0, 0.05) is 17.6 Å². The third-order valence-electron chi connectivity index (χ3n) is 3.07. The first-order valence-corrected chi connectivity index (χ1v) is 6.37. The summed E-state index contributed by atoms with van der Waals surface area (Å²) in [5, 5.41) is 0.794. The summed E-state index contributed by atoms with van der Waals surface area (Å²) in [4.78, 5) is 12.5. The number of fused-ring (bicyclic) bond motifs is 1. The smallest absolute Gasteiger partial charge is 0.297 e. The van der Waals surface area contributed by atoms with Crippen LogP contribution < -0.4 is 20.8 Å². The predicted molar refractivity (Wildman–Crippen MR) is 80.5 cm³/mol. The minimum atomic E-state index is -0.232. The maximum absolute atomic E-state index is 12.5. The zero-order valence-corrected chi connectivity index (χ0v) is 11.7. The number of pyridine rings is 1. The van der Waals surface area contributed by atoms with Gasteiger partial charge in [-0.1, -0.05) is 12.7 Å². The Morgan fingerprint density at radius 1 is 1.40 bits per heavy atom. The predicted octanol–water partition coefficient (Wildman–Crippen LogP) is 2.18. The van der Waals surface area contributed by atoms with Crippen molar-refractivity contribution in [2.75, 3.05) is 19.5 Å². The van der Waals surface area contributed by atoms with Crippen molar-refractivity contribution in [1.29, 1.82) is 0 Å². The maximum atomic E-state index is 12.5. The Morgan fingerprint density at radius 2 is 2.15 bits per heavy atom. The lowest BCUT2D eigenvalue weighted by atomic mass is 10.1. The molecular formula is C15H18N2O3. The normalized spacial score (nSPS) is 10.5. The Morgan fingerprint density at radius 3 is 2.75 bits per heavy atom. The summed E-state index contributed by atoms with van der Waals surface area (Å²) in [6.45, 7) is 6.25. The van der Waals surface area contributed by atoms with Gasteiger partial charge in [0.2, 0.25) is 5.75 Å². The second-order valence-corrected chi connectivity index (χ2v) is 4.29. The Kier molecular flexibility index (Phi) is 3.98. The van der Waals surface area contributed by atoms with Crippen LogP contribution in [0.15, 0.2) is 35.6 Å². The third kappa shape index (κ3) is 2.22. The van der Waals surface area contributed by atoms with Gasteiger partial charge in [0.25, 0.3) is 5.56 Å². The van der Waals surface area contributed by atoms with E-state index in [2.05, 4.69) is 6.58 Å². The SMILES string of the molecule is C=CCOc1c(OC)c2ccc(N)cc2n(CC)c1=O. The number of nitrogen functional groups attached to an aromatic ring is 1. The molecule has 2 rings (SSSR count). The van der Waals surface area contributed by atoms with Gasteiger partial charge in [0.05, 0.1) is 12.6 Å². The van der Waals surface area contributed by atoms with Gasteiger partial charge < -0.3 is 19.8 Å². The van der Waals surface area contributed by atoms with Gasteiger partial charge in [-0.05, 0) is 25.1 Å². The van der Waals surface area contributed by atoms with Crippen molar-refractivity contribution in [2.45, 2.75) is 13.5 Å². The minimum Gasteiger partial charge on any atom is -0.492 e. The molecule has 0 amide bonds. The number of hydrogen-bond acceptors (Lipinski definition) is 4. The number of hydrogen-bond donors (Lipinski definition) is 1. The second kappa shape index (κ2) is 5.69. The van der Waals surface area contributed by atoms with Gasteiger partial charge in [-0.3, -0.25) is 4.79 Å². The summed E-state index contributed by atoms with van der Waals surface area (Å²) < 4.78 is 12.5. The van der Waals surface area contributed by atoms with Crippen molar-refractivity contribution < 1.29 is 9.47 Å². The van der Waals surface area contributed by atoms with Gasteiger partial charge >= 0.3 is 0 Å². The van der Waals surface area contributed by atoms with Crippen LogP contribution in [0.1, 0.15) is 6.92 Å². The van der Waals surface area contributed by atoms with Crippen LogP contribution in [0.2, 0.25) is 0 Å². The average molecular weight is 274 g/mol. The molecule has 5 nitrogen and oxygen atoms in total. The summed E-state index contributed by atoms with van der Waals surface area (Å²) in [7, 11) is 1.52. The Balaban J connectivity index is 2.85. The highest BCUT2D eigenvalue weighted by Gasteiger charge is 2.18. The number of ether oxygens (including phenoxy) is 2. The maximum Gasteiger partial charge on any atom is 0.297 e. The Bertz CT molecular complexity index is 704. The number of benzene rings is 1. The standard InChI is InChI=1S/C15H18N2O3/c1-4-8-20-14-13(19-3)11-7-6-10(16)9-12(11)17(5-2)15(14)18/h4,6-7,9H,1,5,8,16H2,2-3H3. The van der Waals surface area contributed by atoms with E-state index in [1.165, 1.54) is 7.11 Å². The lowest BCUT2D eigenvalue weighted by molar-refractivity contribution is 0.321. The monoisotopic (exact) mass is 274 g/mol. The highest BCUT2D eigenvalue weighted by molar-refractivity contribution is 5.90. The first-order valence-electron chi connectivity index (χ1n) is 6.37. The van der Waals surface area contributed by atoms with Crippen molar-refractivity contribution in [2.24, 2.45) is 0 Å². The third-order valence-corrected chi connectivity index (χ3v) is 3.07. The summed E-state index contributed by atoms with van der Waals surface area (Å²) in [5.74, 6) is 0.628. The van der Waals surface area contributed by atoms with Crippen LogP contribution >= 0.6 is 0 Å². The van der Waals surface area contributed by atoms with Crippen LogP contribution in [0.4, 0.5) is 5.69 Å². The van der Waals surface area contributed by atoms with Crippen molar-refractivity contribution in [3.63, 3.8) is 0 Å². The molecule has 1 aromatic carbocycles. The molecule has 0 radical (unpaired) electrons. The summed E-state index contributed by atoms with van der Waals surface area (Å²) >= 11 is 0. The topological polar surface area (TPSA) is 66.5 Å². The lowest BCUT2D eigenvalue weighted by Gasteiger charge is -2.16. The Hall–Kier alpha value is -2.43. The molecule has 2 aromatic rings. The fraction of sp³-hybridized carbons (Fsp3) is 0.267. The van der Waals surface area contributed by atoms with Crippen molar-refractivity contribution in [1.82, 2.24) is 4.57 Å². The fourth-order valence-electron chi connectivity index (χ4n) is 2.20. The van der Waals surface area contributed by atoms with Gasteiger partial charge in [-0.15, -0.1) is 0 Å². The van der Waals surface area contributed by atoms with Gasteiger partial charge in [-0.2, -0.15) is 0 Å². The van der Waals surface area contributed by atoms with Crippen LogP contribution in [-0.2, 0) is 6.54 Å². The highest BCUT2D eigenvalue weighted by Crippen LogP contribution is 2.33. The Labute approximate surface area is 117 Å². The van der Waals surface area contributed by atoms with Crippen LogP contribution in [-0.4, -0.2) is 18.3 Å². The molecule has 0 aliphatic carbocycles. The molecule has 0 unspecified atom stereocenters. The number of nitrogens with two attached hydrogens (primary N) is 1. The molecule has 5 heteroatoms. The molecule has 0 fully saturated rings. The molecule has 20 heavy (non-hydrogen) atoms. The number of aromatic nitrogens is 1. The molecule has 0 bridgehead atoms. The highest BCUT2D eigenvalue weighted by atomic mass is 16.5. The van der Waals surface area contributed by atoms with Crippen LogP contribution in [0.3, 0.4) is 0 Å². The molecule has 2 N–H and O–H groups in total. The van der Waals surface area contributed by atoms with E-state index in [0.717, 1.165) is 10.9 Å². The summed E-state index contributed by atoms with van der Waals surface area (Å²) in [6, 6.07) is 5.36. The molecule has 0 saturated carbocycles. The largest absolute Gasteiger partial charge is 0.492 e. The van der Waals surface area contributed by atoms with Gasteiger partial charge in [-0.25, -0.2) is 0 Å². The zero-order valence-electron chi connectivity index (χ0n) is 11.7. The number of aryl methyl sites for hydroxylation is 1. The second-order valence-electron chi connectivity index (χ2n) is 4.29. The summed E-state index contributed by atoms with van der Waals surface area (Å²) in [5.41, 5.74) is 6.91. The van der Waals surface area contributed by atoms with Crippen LogP contribution in [0.5, 0.6) is 11.5 Å². The molecule has 1 aromatic heterocycles. The molecular weight excluding hydrogens is 256 g/mol. The molecule has 0 aliphatic heterocycles. The molecule has 0 saturated heterocycles. The first kappa shape index (κ1) is 14.0. The average Bonchev–Trinajstić information content (AvgIpc) is 2.45. The first-order chi connectivity index (χ1) is 9.63. The number of anilines is 1. The molecule has 0 atom stereocenters. The fourth-order valence-corrected chi connectivity index (χ4v) is 2.20. The van der Waals surface area contributed by atoms with Crippen molar-refractivity contribution >= 4 is 16.6 Å². The lowest BCUT2D eigenvalue weighted by Crippen LogP contribution is -2.23. The number of rotatable bonds is 5. The minimum absolute atomic E-state index is 0.200.